The van der Waals surface area contributed by atoms with Crippen LogP contribution in [0, 0.1) is 5.82 Å². The Kier molecular flexibility index (Phi) is 6.67. The lowest BCUT2D eigenvalue weighted by atomic mass is 9.90. The quantitative estimate of drug-likeness (QED) is 0.613. The van der Waals surface area contributed by atoms with Gasteiger partial charge in [-0.25, -0.2) is 4.39 Å². The van der Waals surface area contributed by atoms with Crippen molar-refractivity contribution in [2.45, 2.75) is 45.1 Å². The molecule has 0 spiro atoms. The first kappa shape index (κ1) is 19.2. The maximum Gasteiger partial charge on any atom is 0.129 e. The molecule has 0 fully saturated rings. The predicted molar refractivity (Wildman–Crippen MR) is 102 cm³/mol. The number of benzene rings is 1. The number of hydrogen-bond donors (Lipinski definition) is 2. The Morgan fingerprint density at radius 1 is 1.54 bits per heavy atom. The fraction of sp³-hybridized carbons (Fsp3) is 0.368. The number of hydrogen-bond acceptors (Lipinski definition) is 2. The number of rotatable bonds is 6. The van der Waals surface area contributed by atoms with E-state index in [0.29, 0.717) is 16.3 Å². The van der Waals surface area contributed by atoms with Crippen LogP contribution in [0.25, 0.3) is 0 Å². The third kappa shape index (κ3) is 4.29. The highest BCUT2D eigenvalue weighted by Gasteiger charge is 2.27. The van der Waals surface area contributed by atoms with Crippen molar-refractivity contribution in [3.63, 3.8) is 0 Å². The van der Waals surface area contributed by atoms with Crippen molar-refractivity contribution >= 4 is 27.5 Å². The second kappa shape index (κ2) is 8.32. The van der Waals surface area contributed by atoms with Crippen LogP contribution in [-0.2, 0) is 13.0 Å². The Morgan fingerprint density at radius 2 is 2.25 bits per heavy atom. The van der Waals surface area contributed by atoms with Crippen molar-refractivity contribution in [1.29, 1.82) is 0 Å². The van der Waals surface area contributed by atoms with E-state index in [1.54, 1.807) is 6.92 Å². The van der Waals surface area contributed by atoms with Crippen molar-refractivity contribution in [3.05, 3.63) is 68.1 Å². The summed E-state index contributed by atoms with van der Waals surface area (Å²) in [5.41, 5.74) is 9.86. The Balaban J connectivity index is 2.21. The van der Waals surface area contributed by atoms with Gasteiger partial charge in [0.05, 0.1) is 6.61 Å². The maximum atomic E-state index is 14.0. The smallest absolute Gasteiger partial charge is 0.129 e. The van der Waals surface area contributed by atoms with Gasteiger partial charge in [-0.2, -0.15) is 0 Å². The van der Waals surface area contributed by atoms with Crippen LogP contribution in [0.2, 0.25) is 0 Å². The van der Waals surface area contributed by atoms with Gasteiger partial charge >= 0.3 is 0 Å². The first-order valence-corrected chi connectivity index (χ1v) is 9.10. The van der Waals surface area contributed by atoms with Crippen molar-refractivity contribution in [1.82, 2.24) is 0 Å². The molecule has 0 aliphatic heterocycles. The van der Waals surface area contributed by atoms with E-state index in [0.717, 1.165) is 46.9 Å². The highest BCUT2D eigenvalue weighted by molar-refractivity contribution is 9.12. The first-order valence-electron chi connectivity index (χ1n) is 7.93. The molecule has 0 saturated heterocycles. The lowest BCUT2D eigenvalue weighted by Gasteiger charge is -2.17. The molecule has 5 heteroatoms. The SMILES string of the molecule is C=C(N)/C(=C\C(Br)=C(/C)Cl)CCC1CCc2ccc(F)c(CO)c21. The number of allylic oxidation sites excluding steroid dienone is 4. The van der Waals surface area contributed by atoms with Gasteiger partial charge in [0, 0.05) is 20.8 Å². The molecule has 1 aliphatic rings. The molecule has 1 aromatic carbocycles. The minimum Gasteiger partial charge on any atom is -0.399 e. The predicted octanol–water partition coefficient (Wildman–Crippen LogP) is 5.39. The van der Waals surface area contributed by atoms with Crippen molar-refractivity contribution < 1.29 is 9.50 Å². The molecule has 0 aromatic heterocycles. The van der Waals surface area contributed by atoms with E-state index in [9.17, 15) is 9.50 Å². The molecule has 1 aromatic rings. The zero-order chi connectivity index (χ0) is 17.9. The fourth-order valence-corrected chi connectivity index (χ4v) is 3.58. The summed E-state index contributed by atoms with van der Waals surface area (Å²) in [6.07, 6.45) is 5.31. The normalized spacial score (nSPS) is 18.4. The van der Waals surface area contributed by atoms with Crippen molar-refractivity contribution in [2.24, 2.45) is 5.73 Å². The number of aliphatic hydroxyl groups excluding tert-OH is 1. The average molecular weight is 415 g/mol. The fourth-order valence-electron chi connectivity index (χ4n) is 3.24. The van der Waals surface area contributed by atoms with Gasteiger partial charge in [0.2, 0.25) is 0 Å². The molecule has 0 saturated carbocycles. The molecule has 1 unspecified atom stereocenters. The van der Waals surface area contributed by atoms with Crippen LogP contribution in [-0.4, -0.2) is 5.11 Å². The van der Waals surface area contributed by atoms with Gasteiger partial charge in [-0.05, 0) is 83.3 Å². The lowest BCUT2D eigenvalue weighted by molar-refractivity contribution is 0.273. The number of halogens is 3. The summed E-state index contributed by atoms with van der Waals surface area (Å²) in [4.78, 5) is 0. The summed E-state index contributed by atoms with van der Waals surface area (Å²) in [7, 11) is 0. The highest BCUT2D eigenvalue weighted by atomic mass is 79.9. The number of fused-ring (bicyclic) bond motifs is 1. The zero-order valence-corrected chi connectivity index (χ0v) is 16.1. The van der Waals surface area contributed by atoms with Gasteiger partial charge in [-0.1, -0.05) is 24.2 Å². The van der Waals surface area contributed by atoms with Gasteiger partial charge in [0.25, 0.3) is 0 Å². The monoisotopic (exact) mass is 413 g/mol. The van der Waals surface area contributed by atoms with E-state index >= 15 is 0 Å². The summed E-state index contributed by atoms with van der Waals surface area (Å²) in [5.74, 6) is -0.106. The number of nitrogens with two attached hydrogens (primary N) is 1. The Hall–Kier alpha value is -1.10. The largest absolute Gasteiger partial charge is 0.399 e. The molecular weight excluding hydrogens is 393 g/mol. The molecule has 2 nitrogen and oxygen atoms in total. The summed E-state index contributed by atoms with van der Waals surface area (Å²) >= 11 is 9.39. The average Bonchev–Trinajstić information content (AvgIpc) is 2.93. The van der Waals surface area contributed by atoms with Crippen LogP contribution in [0.4, 0.5) is 4.39 Å². The molecule has 0 radical (unpaired) electrons. The van der Waals surface area contributed by atoms with Crippen LogP contribution >= 0.6 is 27.5 Å². The minimum absolute atomic E-state index is 0.223. The highest BCUT2D eigenvalue weighted by Crippen LogP contribution is 2.40. The molecule has 1 atom stereocenters. The molecule has 0 bridgehead atoms. The van der Waals surface area contributed by atoms with E-state index in [2.05, 4.69) is 22.5 Å². The van der Waals surface area contributed by atoms with Gasteiger partial charge in [0.1, 0.15) is 5.82 Å². The molecule has 0 amide bonds. The molecule has 0 heterocycles. The number of aryl methyl sites for hydroxylation is 1. The topological polar surface area (TPSA) is 46.2 Å². The van der Waals surface area contributed by atoms with Crippen LogP contribution in [0.15, 0.2) is 45.6 Å². The Labute approximate surface area is 156 Å². The number of aliphatic hydroxyl groups is 1. The second-order valence-corrected chi connectivity index (χ2v) is 7.53. The van der Waals surface area contributed by atoms with E-state index in [4.69, 9.17) is 17.3 Å². The van der Waals surface area contributed by atoms with E-state index in [1.165, 1.54) is 6.07 Å². The first-order chi connectivity index (χ1) is 11.3. The third-order valence-electron chi connectivity index (χ3n) is 4.52. The van der Waals surface area contributed by atoms with Crippen molar-refractivity contribution in [2.75, 3.05) is 0 Å². The standard InChI is InChI=1S/C19H22BrClFNO/c1-11(21)17(20)9-15(12(2)23)6-5-13-3-4-14-7-8-18(22)16(10-24)19(13)14/h7-9,13,24H,2-6,10,23H2,1H3/b15-9-,17-11-. The summed E-state index contributed by atoms with van der Waals surface area (Å²) in [6, 6.07) is 3.28. The van der Waals surface area contributed by atoms with Gasteiger partial charge in [-0.3, -0.25) is 0 Å². The Bertz CT molecular complexity index is 708. The van der Waals surface area contributed by atoms with Crippen LogP contribution in [0.1, 0.15) is 48.8 Å². The van der Waals surface area contributed by atoms with Crippen LogP contribution in [0.5, 0.6) is 0 Å². The summed E-state index contributed by atoms with van der Waals surface area (Å²) in [5, 5.41) is 10.2. The maximum absolute atomic E-state index is 14.0. The van der Waals surface area contributed by atoms with Crippen LogP contribution < -0.4 is 5.73 Å². The lowest BCUT2D eigenvalue weighted by Crippen LogP contribution is -2.05. The molecule has 24 heavy (non-hydrogen) atoms. The second-order valence-electron chi connectivity index (χ2n) is 6.11. The van der Waals surface area contributed by atoms with Crippen LogP contribution in [0.3, 0.4) is 0 Å². The summed E-state index contributed by atoms with van der Waals surface area (Å²) < 4.78 is 14.8. The van der Waals surface area contributed by atoms with Gasteiger partial charge < -0.3 is 10.8 Å². The summed E-state index contributed by atoms with van der Waals surface area (Å²) in [6.45, 7) is 5.36. The van der Waals surface area contributed by atoms with Crippen molar-refractivity contribution in [3.8, 4) is 0 Å². The van der Waals surface area contributed by atoms with Gasteiger partial charge in [0.15, 0.2) is 0 Å². The molecule has 130 valence electrons. The van der Waals surface area contributed by atoms with E-state index in [-0.39, 0.29) is 18.3 Å². The molecule has 2 rings (SSSR count). The minimum atomic E-state index is -0.328. The molecule has 1 aliphatic carbocycles. The Morgan fingerprint density at radius 3 is 2.83 bits per heavy atom. The molecular formula is C19H22BrClFNO. The zero-order valence-electron chi connectivity index (χ0n) is 13.7. The third-order valence-corrected chi connectivity index (χ3v) is 5.78. The van der Waals surface area contributed by atoms with E-state index < -0.39 is 0 Å². The molecule has 3 N–H and O–H groups in total. The van der Waals surface area contributed by atoms with Gasteiger partial charge in [-0.15, -0.1) is 0 Å². The van der Waals surface area contributed by atoms with E-state index in [1.807, 2.05) is 12.1 Å².